The quantitative estimate of drug-likeness (QED) is 0.590. The number of carbonyl (C=O) groups is 1. The molecule has 0 spiro atoms. The van der Waals surface area contributed by atoms with E-state index in [1.54, 1.807) is 12.1 Å². The molecule has 0 bridgehead atoms. The number of fused-ring (bicyclic) bond motifs is 2. The third-order valence-electron chi connectivity index (χ3n) is 2.74. The number of hydrogen-bond donors (Lipinski definition) is 1. The van der Waals surface area contributed by atoms with Gasteiger partial charge in [0.25, 0.3) is 5.24 Å². The zero-order valence-corrected chi connectivity index (χ0v) is 12.4. The summed E-state index contributed by atoms with van der Waals surface area (Å²) in [5.41, 5.74) is 1.82. The molecule has 1 N–H and O–H groups in total. The zero-order valence-electron chi connectivity index (χ0n) is 9.34. The van der Waals surface area contributed by atoms with Crippen LogP contribution >= 0.6 is 46.6 Å². The average Bonchev–Trinajstić information content (AvgIpc) is 2.36. The first-order valence-corrected chi connectivity index (χ1v) is 7.28. The lowest BCUT2D eigenvalue weighted by atomic mass is 10.1. The standard InChI is InChI=1S/C13H6Cl3NOS/c14-6-1-3-8-10(5-6)19-9-4-2-7(15)11(13(16)18)12(9)17-8/h1-5,17H. The molecule has 0 atom stereocenters. The molecule has 0 unspecified atom stereocenters. The molecule has 2 aromatic carbocycles. The van der Waals surface area contributed by atoms with Gasteiger partial charge in [-0.05, 0) is 41.9 Å². The predicted molar refractivity (Wildman–Crippen MR) is 80.5 cm³/mol. The van der Waals surface area contributed by atoms with Gasteiger partial charge in [-0.25, -0.2) is 0 Å². The van der Waals surface area contributed by atoms with Crippen LogP contribution in [0.2, 0.25) is 10.0 Å². The maximum Gasteiger partial charge on any atom is 0.256 e. The summed E-state index contributed by atoms with van der Waals surface area (Å²) in [4.78, 5) is 13.4. The first-order chi connectivity index (χ1) is 9.06. The Morgan fingerprint density at radius 2 is 1.89 bits per heavy atom. The van der Waals surface area contributed by atoms with Gasteiger partial charge in [-0.3, -0.25) is 4.79 Å². The van der Waals surface area contributed by atoms with Gasteiger partial charge in [-0.2, -0.15) is 0 Å². The summed E-state index contributed by atoms with van der Waals surface area (Å²) in [6, 6.07) is 9.03. The molecule has 0 amide bonds. The molecule has 0 aliphatic carbocycles. The molecule has 2 nitrogen and oxygen atoms in total. The fourth-order valence-electron chi connectivity index (χ4n) is 1.90. The summed E-state index contributed by atoms with van der Waals surface area (Å²) in [6.45, 7) is 0. The van der Waals surface area contributed by atoms with Crippen molar-refractivity contribution >= 4 is 63.2 Å². The second kappa shape index (κ2) is 4.91. The highest BCUT2D eigenvalue weighted by molar-refractivity contribution is 7.99. The van der Waals surface area contributed by atoms with Crippen LogP contribution in [0.5, 0.6) is 0 Å². The minimum absolute atomic E-state index is 0.300. The fourth-order valence-corrected chi connectivity index (χ4v) is 3.66. The molecule has 0 saturated heterocycles. The van der Waals surface area contributed by atoms with Gasteiger partial charge in [-0.15, -0.1) is 0 Å². The largest absolute Gasteiger partial charge is 0.353 e. The number of rotatable bonds is 1. The van der Waals surface area contributed by atoms with E-state index in [-0.39, 0.29) is 0 Å². The van der Waals surface area contributed by atoms with Crippen molar-refractivity contribution in [3.05, 3.63) is 45.9 Å². The highest BCUT2D eigenvalue weighted by atomic mass is 35.5. The Morgan fingerprint density at radius 1 is 1.11 bits per heavy atom. The SMILES string of the molecule is O=C(Cl)c1c(Cl)ccc2c1Nc1ccc(Cl)cc1S2. The van der Waals surface area contributed by atoms with Gasteiger partial charge in [-0.1, -0.05) is 35.0 Å². The lowest BCUT2D eigenvalue weighted by Gasteiger charge is -2.23. The maximum atomic E-state index is 11.5. The highest BCUT2D eigenvalue weighted by Gasteiger charge is 2.23. The third-order valence-corrected chi connectivity index (χ3v) is 4.59. The van der Waals surface area contributed by atoms with Crippen molar-refractivity contribution < 1.29 is 4.79 Å². The zero-order chi connectivity index (χ0) is 13.6. The fraction of sp³-hybridized carbons (Fsp3) is 0. The summed E-state index contributed by atoms with van der Waals surface area (Å²) in [5, 5.41) is 3.62. The van der Waals surface area contributed by atoms with Crippen LogP contribution < -0.4 is 5.32 Å². The van der Waals surface area contributed by atoms with Crippen molar-refractivity contribution in [1.82, 2.24) is 0 Å². The summed E-state index contributed by atoms with van der Waals surface area (Å²) in [7, 11) is 0. The normalized spacial score (nSPS) is 12.4. The molecule has 1 aliphatic heterocycles. The van der Waals surface area contributed by atoms with Crippen LogP contribution in [0, 0.1) is 0 Å². The van der Waals surface area contributed by atoms with Crippen molar-refractivity contribution in [2.24, 2.45) is 0 Å². The Labute approximate surface area is 129 Å². The van der Waals surface area contributed by atoms with Crippen molar-refractivity contribution in [3.8, 4) is 0 Å². The van der Waals surface area contributed by atoms with E-state index in [0.717, 1.165) is 15.5 Å². The Morgan fingerprint density at radius 3 is 2.63 bits per heavy atom. The first-order valence-electron chi connectivity index (χ1n) is 5.33. The second-order valence-electron chi connectivity index (χ2n) is 3.94. The van der Waals surface area contributed by atoms with Gasteiger partial charge in [0.2, 0.25) is 0 Å². The molecule has 0 saturated carbocycles. The lowest BCUT2D eigenvalue weighted by molar-refractivity contribution is 0.108. The Hall–Kier alpha value is -0.870. The molecule has 1 heterocycles. The summed E-state index contributed by atoms with van der Waals surface area (Å²) in [6.07, 6.45) is 0. The molecular weight excluding hydrogens is 325 g/mol. The van der Waals surface area contributed by atoms with E-state index in [0.29, 0.717) is 21.3 Å². The van der Waals surface area contributed by atoms with Crippen molar-refractivity contribution in [2.75, 3.05) is 5.32 Å². The molecular formula is C13H6Cl3NOS. The first kappa shape index (κ1) is 13.1. The molecule has 0 fully saturated rings. The van der Waals surface area contributed by atoms with Crippen LogP contribution in [0.25, 0.3) is 0 Å². The predicted octanol–water partition coefficient (Wildman–Crippen LogP) is 5.58. The van der Waals surface area contributed by atoms with E-state index in [2.05, 4.69) is 5.32 Å². The Balaban J connectivity index is 2.17. The van der Waals surface area contributed by atoms with E-state index in [9.17, 15) is 4.79 Å². The van der Waals surface area contributed by atoms with Crippen LogP contribution in [-0.4, -0.2) is 5.24 Å². The van der Waals surface area contributed by atoms with Gasteiger partial charge >= 0.3 is 0 Å². The van der Waals surface area contributed by atoms with Crippen LogP contribution in [-0.2, 0) is 0 Å². The van der Waals surface area contributed by atoms with Gasteiger partial charge in [0.15, 0.2) is 0 Å². The number of hydrogen-bond acceptors (Lipinski definition) is 3. The van der Waals surface area contributed by atoms with E-state index in [1.807, 2.05) is 18.2 Å². The minimum atomic E-state index is -0.577. The van der Waals surface area contributed by atoms with Crippen molar-refractivity contribution in [2.45, 2.75) is 9.79 Å². The minimum Gasteiger partial charge on any atom is -0.353 e. The van der Waals surface area contributed by atoms with Gasteiger partial charge in [0.05, 0.1) is 22.0 Å². The molecule has 2 aromatic rings. The molecule has 1 aliphatic rings. The van der Waals surface area contributed by atoms with E-state index < -0.39 is 5.24 Å². The molecule has 19 heavy (non-hydrogen) atoms. The van der Waals surface area contributed by atoms with Crippen LogP contribution in [0.4, 0.5) is 11.4 Å². The van der Waals surface area contributed by atoms with Crippen molar-refractivity contribution in [1.29, 1.82) is 0 Å². The third kappa shape index (κ3) is 2.32. The molecule has 96 valence electrons. The van der Waals surface area contributed by atoms with Crippen LogP contribution in [0.15, 0.2) is 40.1 Å². The molecule has 0 radical (unpaired) electrons. The lowest BCUT2D eigenvalue weighted by Crippen LogP contribution is -2.05. The number of benzene rings is 2. The van der Waals surface area contributed by atoms with Crippen LogP contribution in [0.1, 0.15) is 10.4 Å². The summed E-state index contributed by atoms with van der Waals surface area (Å²) >= 11 is 19.1. The number of nitrogens with one attached hydrogen (secondary N) is 1. The van der Waals surface area contributed by atoms with E-state index in [1.165, 1.54) is 11.8 Å². The molecule has 0 aromatic heterocycles. The van der Waals surface area contributed by atoms with Gasteiger partial charge in [0, 0.05) is 14.8 Å². The van der Waals surface area contributed by atoms with Gasteiger partial charge < -0.3 is 5.32 Å². The summed E-state index contributed by atoms with van der Waals surface area (Å²) < 4.78 is 0. The number of halogens is 3. The molecule has 6 heteroatoms. The second-order valence-corrected chi connectivity index (χ2v) is 6.21. The van der Waals surface area contributed by atoms with Gasteiger partial charge in [0.1, 0.15) is 0 Å². The van der Waals surface area contributed by atoms with Crippen LogP contribution in [0.3, 0.4) is 0 Å². The monoisotopic (exact) mass is 329 g/mol. The Kier molecular flexibility index (Phi) is 3.39. The van der Waals surface area contributed by atoms with Crippen molar-refractivity contribution in [3.63, 3.8) is 0 Å². The topological polar surface area (TPSA) is 29.1 Å². The summed E-state index contributed by atoms with van der Waals surface area (Å²) in [5.74, 6) is 0. The Bertz CT molecular complexity index is 703. The molecule has 3 rings (SSSR count). The maximum absolute atomic E-state index is 11.5. The van der Waals surface area contributed by atoms with E-state index in [4.69, 9.17) is 34.8 Å². The van der Waals surface area contributed by atoms with E-state index >= 15 is 0 Å². The average molecular weight is 331 g/mol. The number of carbonyl (C=O) groups excluding carboxylic acids is 1. The smallest absolute Gasteiger partial charge is 0.256 e. The highest BCUT2D eigenvalue weighted by Crippen LogP contribution is 2.47. The number of anilines is 2.